The molecular formula is C17H17NO2. The molecule has 1 aromatic heterocycles. The molecule has 3 heteroatoms. The van der Waals surface area contributed by atoms with E-state index in [1.165, 1.54) is 24.0 Å². The zero-order chi connectivity index (χ0) is 13.4. The van der Waals surface area contributed by atoms with E-state index in [2.05, 4.69) is 35.3 Å². The Morgan fingerprint density at radius 2 is 1.50 bits per heavy atom. The highest BCUT2D eigenvalue weighted by Gasteiger charge is 2.33. The monoisotopic (exact) mass is 267 g/mol. The first-order chi connectivity index (χ1) is 9.90. The first kappa shape index (κ1) is 11.8. The van der Waals surface area contributed by atoms with Crippen molar-refractivity contribution in [2.45, 2.75) is 24.7 Å². The van der Waals surface area contributed by atoms with Gasteiger partial charge in [0.25, 0.3) is 0 Å². The molecular weight excluding hydrogens is 250 g/mol. The van der Waals surface area contributed by atoms with Gasteiger partial charge in [-0.3, -0.25) is 0 Å². The van der Waals surface area contributed by atoms with Gasteiger partial charge >= 0.3 is 0 Å². The third-order valence-corrected chi connectivity index (χ3v) is 4.37. The van der Waals surface area contributed by atoms with Crippen molar-refractivity contribution in [1.82, 2.24) is 4.98 Å². The summed E-state index contributed by atoms with van der Waals surface area (Å²) in [7, 11) is 0. The molecule has 0 radical (unpaired) electrons. The van der Waals surface area contributed by atoms with Crippen LogP contribution in [0, 0.1) is 0 Å². The van der Waals surface area contributed by atoms with Gasteiger partial charge in [0, 0.05) is 12.3 Å². The van der Waals surface area contributed by atoms with E-state index in [0.29, 0.717) is 30.9 Å². The third-order valence-electron chi connectivity index (χ3n) is 4.37. The van der Waals surface area contributed by atoms with Crippen molar-refractivity contribution < 1.29 is 9.47 Å². The second kappa shape index (κ2) is 4.82. The molecule has 4 aliphatic heterocycles. The highest BCUT2D eigenvalue weighted by atomic mass is 16.5. The van der Waals surface area contributed by atoms with Gasteiger partial charge in [0.05, 0.1) is 0 Å². The highest BCUT2D eigenvalue weighted by molar-refractivity contribution is 5.35. The fourth-order valence-corrected chi connectivity index (χ4v) is 3.11. The molecule has 0 N–H and O–H groups in total. The summed E-state index contributed by atoms with van der Waals surface area (Å²) >= 11 is 0. The molecule has 3 nitrogen and oxygen atoms in total. The zero-order valence-corrected chi connectivity index (χ0v) is 11.3. The minimum absolute atomic E-state index is 0.514. The van der Waals surface area contributed by atoms with Crippen molar-refractivity contribution in [1.29, 1.82) is 0 Å². The first-order valence-corrected chi connectivity index (χ1v) is 7.22. The van der Waals surface area contributed by atoms with E-state index in [-0.39, 0.29) is 0 Å². The van der Waals surface area contributed by atoms with Crippen LogP contribution in [-0.4, -0.2) is 18.2 Å². The summed E-state index contributed by atoms with van der Waals surface area (Å²) < 4.78 is 11.3. The van der Waals surface area contributed by atoms with Crippen LogP contribution in [-0.2, 0) is 0 Å². The average molecular weight is 267 g/mol. The highest BCUT2D eigenvalue weighted by Crippen LogP contribution is 2.49. The van der Waals surface area contributed by atoms with Crippen molar-refractivity contribution in [2.75, 3.05) is 13.2 Å². The first-order valence-electron chi connectivity index (χ1n) is 7.22. The maximum absolute atomic E-state index is 5.67. The molecule has 1 saturated carbocycles. The lowest BCUT2D eigenvalue weighted by Crippen LogP contribution is -2.22. The predicted octanol–water partition coefficient (Wildman–Crippen LogP) is 3.51. The normalized spacial score (nSPS) is 24.0. The summed E-state index contributed by atoms with van der Waals surface area (Å²) in [5.41, 5.74) is 2.73. The molecule has 7 rings (SSSR count). The largest absolute Gasteiger partial charge is 0.490 e. The minimum Gasteiger partial charge on any atom is -0.490 e. The van der Waals surface area contributed by atoms with Crippen LogP contribution in [0.2, 0.25) is 0 Å². The number of rotatable bonds is 0. The van der Waals surface area contributed by atoms with Gasteiger partial charge < -0.3 is 9.47 Å². The Morgan fingerprint density at radius 3 is 2.20 bits per heavy atom. The number of aromatic nitrogens is 1. The lowest BCUT2D eigenvalue weighted by Gasteiger charge is -2.37. The molecule has 20 heavy (non-hydrogen) atoms. The molecule has 2 atom stereocenters. The van der Waals surface area contributed by atoms with Crippen LogP contribution in [0.5, 0.6) is 11.6 Å². The number of ether oxygens (including phenoxy) is 2. The number of nitrogens with zero attached hydrogens (tertiary/aromatic N) is 1. The third kappa shape index (κ3) is 2.03. The summed E-state index contributed by atoms with van der Waals surface area (Å²) in [6, 6.07) is 12.6. The number of pyridine rings is 1. The van der Waals surface area contributed by atoms with E-state index >= 15 is 0 Å². The second-order valence-electron chi connectivity index (χ2n) is 5.49. The lowest BCUT2D eigenvalue weighted by atomic mass is 9.67. The summed E-state index contributed by atoms with van der Waals surface area (Å²) in [6.45, 7) is 1.05. The molecule has 5 aliphatic rings. The maximum Gasteiger partial charge on any atom is 0.213 e. The van der Waals surface area contributed by atoms with Gasteiger partial charge in [-0.1, -0.05) is 18.2 Å². The molecule has 1 fully saturated rings. The van der Waals surface area contributed by atoms with Gasteiger partial charge in [-0.05, 0) is 47.9 Å². The quantitative estimate of drug-likeness (QED) is 0.732. The fourth-order valence-electron chi connectivity index (χ4n) is 3.11. The van der Waals surface area contributed by atoms with Crippen molar-refractivity contribution in [3.05, 3.63) is 53.7 Å². The topological polar surface area (TPSA) is 31.4 Å². The van der Waals surface area contributed by atoms with Crippen LogP contribution in [0.3, 0.4) is 0 Å². The Bertz CT molecular complexity index is 536. The molecule has 2 aromatic rings. The van der Waals surface area contributed by atoms with E-state index in [9.17, 15) is 0 Å². The molecule has 1 aromatic carbocycles. The predicted molar refractivity (Wildman–Crippen MR) is 76.4 cm³/mol. The van der Waals surface area contributed by atoms with Crippen LogP contribution in [0.25, 0.3) is 0 Å². The van der Waals surface area contributed by atoms with Gasteiger partial charge in [-0.15, -0.1) is 0 Å². The minimum atomic E-state index is 0.514. The van der Waals surface area contributed by atoms with Crippen molar-refractivity contribution in [3.8, 4) is 11.6 Å². The summed E-state index contributed by atoms with van der Waals surface area (Å²) in [4.78, 5) is 4.40. The van der Waals surface area contributed by atoms with Crippen LogP contribution >= 0.6 is 0 Å². The van der Waals surface area contributed by atoms with Crippen LogP contribution in [0.4, 0.5) is 0 Å². The molecule has 0 saturated heterocycles. The Labute approximate surface area is 118 Å². The number of benzene rings is 1. The Morgan fingerprint density at radius 1 is 0.800 bits per heavy atom. The molecule has 1 aliphatic carbocycles. The van der Waals surface area contributed by atoms with Gasteiger partial charge in [0.2, 0.25) is 5.88 Å². The number of hydrogen-bond acceptors (Lipinski definition) is 3. The molecule has 5 heterocycles. The molecule has 102 valence electrons. The molecule has 0 unspecified atom stereocenters. The summed E-state index contributed by atoms with van der Waals surface area (Å²) in [5, 5.41) is 0. The average Bonchev–Trinajstić information content (AvgIpc) is 2.45. The van der Waals surface area contributed by atoms with Crippen LogP contribution < -0.4 is 9.47 Å². The van der Waals surface area contributed by atoms with Crippen LogP contribution in [0.1, 0.15) is 35.8 Å². The van der Waals surface area contributed by atoms with E-state index in [1.54, 1.807) is 0 Å². The lowest BCUT2D eigenvalue weighted by molar-refractivity contribution is 0.211. The maximum atomic E-state index is 5.67. The Kier molecular flexibility index (Phi) is 2.84. The van der Waals surface area contributed by atoms with Crippen molar-refractivity contribution >= 4 is 0 Å². The SMILES string of the molecule is c1cc2ccc1OCCOc1ccc(cn1)[C@@H]1CC[C@H]21. The van der Waals surface area contributed by atoms with E-state index in [1.807, 2.05) is 12.3 Å². The Balaban J connectivity index is 1.71. The van der Waals surface area contributed by atoms with E-state index in [0.717, 1.165) is 5.75 Å². The standard InChI is InChI=1S/C17H17NO2/c1-4-14-5-2-12(1)15-6-7-16(15)13-3-8-17(18-11-13)20-10-9-19-14/h1-5,8,11,15-16H,6-7,9-10H2/t15-,16+/m1/s1. The summed E-state index contributed by atoms with van der Waals surface area (Å²) in [5.74, 6) is 2.79. The second-order valence-corrected chi connectivity index (χ2v) is 5.49. The molecule has 0 amide bonds. The van der Waals surface area contributed by atoms with Gasteiger partial charge in [-0.2, -0.15) is 0 Å². The zero-order valence-electron chi connectivity index (χ0n) is 11.3. The van der Waals surface area contributed by atoms with Gasteiger partial charge in [0.1, 0.15) is 19.0 Å². The van der Waals surface area contributed by atoms with E-state index < -0.39 is 0 Å². The molecule has 4 bridgehead atoms. The summed E-state index contributed by atoms with van der Waals surface area (Å²) in [6.07, 6.45) is 4.46. The van der Waals surface area contributed by atoms with Gasteiger partial charge in [-0.25, -0.2) is 4.98 Å². The molecule has 0 spiro atoms. The Hall–Kier alpha value is -2.03. The van der Waals surface area contributed by atoms with Crippen molar-refractivity contribution in [2.24, 2.45) is 0 Å². The van der Waals surface area contributed by atoms with Gasteiger partial charge in [0.15, 0.2) is 0 Å². The van der Waals surface area contributed by atoms with Crippen molar-refractivity contribution in [3.63, 3.8) is 0 Å². The fraction of sp³-hybridized carbons (Fsp3) is 0.353. The van der Waals surface area contributed by atoms with E-state index in [4.69, 9.17) is 9.47 Å². The smallest absolute Gasteiger partial charge is 0.213 e. The number of hydrogen-bond donors (Lipinski definition) is 0. The van der Waals surface area contributed by atoms with Crippen LogP contribution in [0.15, 0.2) is 42.6 Å².